The van der Waals surface area contributed by atoms with Crippen molar-refractivity contribution in [2.75, 3.05) is 21.3 Å². The van der Waals surface area contributed by atoms with Crippen LogP contribution in [0, 0.1) is 11.8 Å². The second-order valence-electron chi connectivity index (χ2n) is 7.60. The number of benzene rings is 1. The van der Waals surface area contributed by atoms with Gasteiger partial charge < -0.3 is 14.2 Å². The molecule has 1 aliphatic rings. The van der Waals surface area contributed by atoms with E-state index in [1.165, 1.54) is 18.2 Å². The Morgan fingerprint density at radius 3 is 2.24 bits per heavy atom. The van der Waals surface area contributed by atoms with Crippen molar-refractivity contribution >= 4 is 5.97 Å². The largest absolute Gasteiger partial charge is 0.493 e. The second-order valence-corrected chi connectivity index (χ2v) is 7.60. The Balaban J connectivity index is 2.43. The third-order valence-electron chi connectivity index (χ3n) is 5.41. The number of carbonyl (C=O) groups is 1. The standard InChI is InChI=1S/C21H32O4/c1-13(2)9-15-10-14(3)16(7-8-21(22)25-6)18-12-20(24-5)19(23-4)11-17(15)18/h11-16H,7-10H2,1-6H3/t14-,15-,16+/m0/s1. The van der Waals surface area contributed by atoms with Crippen LogP contribution in [0.4, 0.5) is 0 Å². The molecule has 25 heavy (non-hydrogen) atoms. The van der Waals surface area contributed by atoms with Crippen molar-refractivity contribution < 1.29 is 19.0 Å². The molecule has 0 amide bonds. The maximum Gasteiger partial charge on any atom is 0.305 e. The van der Waals surface area contributed by atoms with Crippen LogP contribution >= 0.6 is 0 Å². The molecule has 0 radical (unpaired) electrons. The molecule has 140 valence electrons. The quantitative estimate of drug-likeness (QED) is 0.657. The molecule has 1 aromatic carbocycles. The third-order valence-corrected chi connectivity index (χ3v) is 5.41. The lowest BCUT2D eigenvalue weighted by Crippen LogP contribution is -2.24. The summed E-state index contributed by atoms with van der Waals surface area (Å²) in [5, 5.41) is 0. The molecule has 0 saturated carbocycles. The summed E-state index contributed by atoms with van der Waals surface area (Å²) in [4.78, 5) is 11.6. The number of hydrogen-bond donors (Lipinski definition) is 0. The molecule has 3 atom stereocenters. The lowest BCUT2D eigenvalue weighted by atomic mass is 9.67. The van der Waals surface area contributed by atoms with E-state index in [0.29, 0.717) is 30.1 Å². The van der Waals surface area contributed by atoms with Gasteiger partial charge >= 0.3 is 5.97 Å². The van der Waals surface area contributed by atoms with Gasteiger partial charge in [-0.3, -0.25) is 4.79 Å². The van der Waals surface area contributed by atoms with Crippen molar-refractivity contribution in [2.45, 2.75) is 58.3 Å². The molecule has 0 unspecified atom stereocenters. The summed E-state index contributed by atoms with van der Waals surface area (Å²) in [6.07, 6.45) is 3.57. The van der Waals surface area contributed by atoms with E-state index < -0.39 is 0 Å². The van der Waals surface area contributed by atoms with Gasteiger partial charge in [0.25, 0.3) is 0 Å². The Labute approximate surface area is 151 Å². The lowest BCUT2D eigenvalue weighted by Gasteiger charge is -2.38. The molecule has 0 aromatic heterocycles. The molecule has 2 rings (SSSR count). The molecular formula is C21H32O4. The predicted molar refractivity (Wildman–Crippen MR) is 99.5 cm³/mol. The fourth-order valence-electron chi connectivity index (χ4n) is 4.24. The molecular weight excluding hydrogens is 316 g/mol. The Kier molecular flexibility index (Phi) is 6.74. The number of fused-ring (bicyclic) bond motifs is 1. The van der Waals surface area contributed by atoms with Crippen LogP contribution < -0.4 is 9.47 Å². The van der Waals surface area contributed by atoms with Gasteiger partial charge in [-0.15, -0.1) is 0 Å². The van der Waals surface area contributed by atoms with E-state index in [-0.39, 0.29) is 5.97 Å². The van der Waals surface area contributed by atoms with Gasteiger partial charge in [-0.2, -0.15) is 0 Å². The summed E-state index contributed by atoms with van der Waals surface area (Å²) < 4.78 is 15.9. The molecule has 0 bridgehead atoms. The van der Waals surface area contributed by atoms with Crippen LogP contribution in [0.3, 0.4) is 0 Å². The summed E-state index contributed by atoms with van der Waals surface area (Å²) in [5.74, 6) is 3.46. The maximum absolute atomic E-state index is 11.6. The minimum Gasteiger partial charge on any atom is -0.493 e. The van der Waals surface area contributed by atoms with E-state index in [4.69, 9.17) is 14.2 Å². The molecule has 0 fully saturated rings. The topological polar surface area (TPSA) is 44.8 Å². The van der Waals surface area contributed by atoms with Gasteiger partial charge in [0.05, 0.1) is 21.3 Å². The summed E-state index contributed by atoms with van der Waals surface area (Å²) >= 11 is 0. The Morgan fingerprint density at radius 2 is 1.72 bits per heavy atom. The van der Waals surface area contributed by atoms with E-state index in [2.05, 4.69) is 32.9 Å². The molecule has 0 heterocycles. The highest BCUT2D eigenvalue weighted by molar-refractivity contribution is 5.69. The molecule has 1 aliphatic carbocycles. The lowest BCUT2D eigenvalue weighted by molar-refractivity contribution is -0.140. The second kappa shape index (κ2) is 8.59. The van der Waals surface area contributed by atoms with Gasteiger partial charge in [0.15, 0.2) is 11.5 Å². The van der Waals surface area contributed by atoms with Gasteiger partial charge in [-0.1, -0.05) is 20.8 Å². The third kappa shape index (κ3) is 4.47. The van der Waals surface area contributed by atoms with Crippen molar-refractivity contribution in [3.63, 3.8) is 0 Å². The Hall–Kier alpha value is -1.71. The first-order valence-electron chi connectivity index (χ1n) is 9.23. The SMILES string of the molecule is COC(=O)CC[C@H]1c2cc(OC)c(OC)cc2[C@@H](CC(C)C)C[C@@H]1C. The van der Waals surface area contributed by atoms with Crippen molar-refractivity contribution in [1.29, 1.82) is 0 Å². The number of methoxy groups -OCH3 is 3. The Bertz CT molecular complexity index is 594. The van der Waals surface area contributed by atoms with Gasteiger partial charge in [-0.25, -0.2) is 0 Å². The first kappa shape index (κ1) is 19.6. The van der Waals surface area contributed by atoms with E-state index in [1.54, 1.807) is 14.2 Å². The zero-order valence-corrected chi connectivity index (χ0v) is 16.4. The molecule has 4 nitrogen and oxygen atoms in total. The smallest absolute Gasteiger partial charge is 0.305 e. The van der Waals surface area contributed by atoms with Crippen LogP contribution in [0.1, 0.15) is 69.4 Å². The highest BCUT2D eigenvalue weighted by atomic mass is 16.5. The van der Waals surface area contributed by atoms with Crippen LogP contribution in [0.15, 0.2) is 12.1 Å². The fourth-order valence-corrected chi connectivity index (χ4v) is 4.24. The van der Waals surface area contributed by atoms with E-state index >= 15 is 0 Å². The predicted octanol–water partition coefficient (Wildman–Crippen LogP) is 4.91. The zero-order chi connectivity index (χ0) is 18.6. The van der Waals surface area contributed by atoms with Gasteiger partial charge in [-0.05, 0) is 66.2 Å². The van der Waals surface area contributed by atoms with Crippen LogP contribution in [0.25, 0.3) is 0 Å². The van der Waals surface area contributed by atoms with Crippen molar-refractivity contribution in [1.82, 2.24) is 0 Å². The number of rotatable bonds is 7. The van der Waals surface area contributed by atoms with E-state index in [1.807, 2.05) is 0 Å². The first-order valence-corrected chi connectivity index (χ1v) is 9.23. The normalized spacial score (nSPS) is 22.4. The molecule has 4 heteroatoms. The summed E-state index contributed by atoms with van der Waals surface area (Å²) in [7, 11) is 4.81. The summed E-state index contributed by atoms with van der Waals surface area (Å²) in [5.41, 5.74) is 2.67. The number of carbonyl (C=O) groups excluding carboxylic acids is 1. The number of ether oxygens (including phenoxy) is 3. The van der Waals surface area contributed by atoms with Crippen molar-refractivity contribution in [2.24, 2.45) is 11.8 Å². The van der Waals surface area contributed by atoms with Crippen LogP contribution in [-0.4, -0.2) is 27.3 Å². The van der Waals surface area contributed by atoms with Crippen molar-refractivity contribution in [3.05, 3.63) is 23.3 Å². The van der Waals surface area contributed by atoms with Crippen LogP contribution in [0.2, 0.25) is 0 Å². The van der Waals surface area contributed by atoms with Crippen LogP contribution in [0.5, 0.6) is 11.5 Å². The fraction of sp³-hybridized carbons (Fsp3) is 0.667. The highest BCUT2D eigenvalue weighted by Crippen LogP contribution is 2.49. The molecule has 0 N–H and O–H groups in total. The minimum atomic E-state index is -0.140. The summed E-state index contributed by atoms with van der Waals surface area (Å²) in [6.45, 7) is 6.85. The molecule has 0 spiro atoms. The highest BCUT2D eigenvalue weighted by Gasteiger charge is 2.34. The number of esters is 1. The maximum atomic E-state index is 11.6. The summed E-state index contributed by atoms with van der Waals surface area (Å²) in [6, 6.07) is 4.28. The van der Waals surface area contributed by atoms with Gasteiger partial charge in [0, 0.05) is 6.42 Å². The van der Waals surface area contributed by atoms with Crippen LogP contribution in [-0.2, 0) is 9.53 Å². The van der Waals surface area contributed by atoms with E-state index in [0.717, 1.165) is 30.8 Å². The van der Waals surface area contributed by atoms with Crippen molar-refractivity contribution in [3.8, 4) is 11.5 Å². The van der Waals surface area contributed by atoms with Gasteiger partial charge in [0.2, 0.25) is 0 Å². The van der Waals surface area contributed by atoms with Gasteiger partial charge in [0.1, 0.15) is 0 Å². The average Bonchev–Trinajstić information content (AvgIpc) is 2.59. The molecule has 0 aliphatic heterocycles. The minimum absolute atomic E-state index is 0.140. The molecule has 0 saturated heterocycles. The number of hydrogen-bond acceptors (Lipinski definition) is 4. The zero-order valence-electron chi connectivity index (χ0n) is 16.4. The Morgan fingerprint density at radius 1 is 1.12 bits per heavy atom. The van der Waals surface area contributed by atoms with E-state index in [9.17, 15) is 4.79 Å². The average molecular weight is 348 g/mol. The first-order chi connectivity index (χ1) is 11.9. The molecule has 1 aromatic rings. The monoisotopic (exact) mass is 348 g/mol.